The highest BCUT2D eigenvalue weighted by molar-refractivity contribution is 6.74. The molecule has 1 aliphatic carbocycles. The lowest BCUT2D eigenvalue weighted by molar-refractivity contribution is -0.484. The predicted octanol–water partition coefficient (Wildman–Crippen LogP) is 7.23. The standard InChI is InChI=1S/C25H45NO4Si/c1-21-13-9-10-17-23(29-20-19-26(27)28)25(6,30-31(7,8)24(3,4)5)18-12-16-22(2)15-11-14-21/h9-10,14,16,23H,11-13,15,17-20H2,1-8H3/b10-9-,21-14+,22-16+/t23-,25+/m0/s1. The Bertz CT molecular complexity index is 675. The van der Waals surface area contributed by atoms with Gasteiger partial charge in [-0.3, -0.25) is 10.1 Å². The van der Waals surface area contributed by atoms with Crippen LogP contribution in [0.5, 0.6) is 0 Å². The first-order valence-electron chi connectivity index (χ1n) is 11.7. The quantitative estimate of drug-likeness (QED) is 0.185. The number of rotatable bonds is 6. The highest BCUT2D eigenvalue weighted by Gasteiger charge is 2.46. The molecule has 0 saturated heterocycles. The van der Waals surface area contributed by atoms with Crippen molar-refractivity contribution in [2.75, 3.05) is 13.2 Å². The lowest BCUT2D eigenvalue weighted by atomic mass is 9.90. The molecular weight excluding hydrogens is 406 g/mol. The van der Waals surface area contributed by atoms with Gasteiger partial charge in [0, 0.05) is 4.92 Å². The van der Waals surface area contributed by atoms with Gasteiger partial charge in [-0.05, 0) is 77.4 Å². The van der Waals surface area contributed by atoms with Crippen molar-refractivity contribution < 1.29 is 14.1 Å². The van der Waals surface area contributed by atoms with Gasteiger partial charge in [-0.2, -0.15) is 0 Å². The van der Waals surface area contributed by atoms with E-state index in [1.165, 1.54) is 11.1 Å². The number of ether oxygens (including phenoxy) is 1. The fraction of sp³-hybridized carbons (Fsp3) is 0.760. The van der Waals surface area contributed by atoms with E-state index in [1.54, 1.807) is 0 Å². The zero-order chi connectivity index (χ0) is 23.7. The third kappa shape index (κ3) is 9.83. The summed E-state index contributed by atoms with van der Waals surface area (Å²) in [6.07, 6.45) is 14.3. The molecule has 178 valence electrons. The summed E-state index contributed by atoms with van der Waals surface area (Å²) in [7, 11) is -2.07. The largest absolute Gasteiger partial charge is 0.409 e. The average Bonchev–Trinajstić information content (AvgIpc) is 2.61. The molecule has 0 bridgehead atoms. The van der Waals surface area contributed by atoms with E-state index in [9.17, 15) is 10.1 Å². The molecule has 6 heteroatoms. The van der Waals surface area contributed by atoms with Crippen LogP contribution < -0.4 is 0 Å². The Morgan fingerprint density at radius 1 is 1.16 bits per heavy atom. The van der Waals surface area contributed by atoms with E-state index < -0.39 is 13.9 Å². The van der Waals surface area contributed by atoms with Crippen molar-refractivity contribution >= 4 is 8.32 Å². The van der Waals surface area contributed by atoms with Gasteiger partial charge in [0.25, 0.3) is 0 Å². The second-order valence-corrected chi connectivity index (χ2v) is 15.4. The Labute approximate surface area is 191 Å². The van der Waals surface area contributed by atoms with E-state index >= 15 is 0 Å². The van der Waals surface area contributed by atoms with Crippen LogP contribution in [-0.2, 0) is 9.16 Å². The van der Waals surface area contributed by atoms with E-state index in [0.717, 1.165) is 32.1 Å². The third-order valence-corrected chi connectivity index (χ3v) is 11.3. The molecule has 0 amide bonds. The van der Waals surface area contributed by atoms with E-state index in [4.69, 9.17) is 9.16 Å². The molecule has 1 aliphatic rings. The van der Waals surface area contributed by atoms with Crippen LogP contribution in [0.25, 0.3) is 0 Å². The number of hydrogen-bond donors (Lipinski definition) is 0. The first-order chi connectivity index (χ1) is 14.3. The van der Waals surface area contributed by atoms with Gasteiger partial charge in [-0.1, -0.05) is 56.2 Å². The van der Waals surface area contributed by atoms with Crippen molar-refractivity contribution in [1.82, 2.24) is 0 Å². The maximum absolute atomic E-state index is 10.9. The molecule has 0 unspecified atom stereocenters. The van der Waals surface area contributed by atoms with E-state index in [1.807, 2.05) is 0 Å². The molecule has 0 aliphatic heterocycles. The van der Waals surface area contributed by atoms with Crippen LogP contribution in [0.3, 0.4) is 0 Å². The summed E-state index contributed by atoms with van der Waals surface area (Å²) in [6.45, 7) is 17.7. The van der Waals surface area contributed by atoms with Crippen LogP contribution in [0, 0.1) is 10.1 Å². The summed E-state index contributed by atoms with van der Waals surface area (Å²) in [4.78, 5) is 10.6. The first kappa shape index (κ1) is 27.8. The minimum absolute atomic E-state index is 0.0734. The molecule has 0 aromatic rings. The van der Waals surface area contributed by atoms with E-state index in [2.05, 4.69) is 78.9 Å². The Morgan fingerprint density at radius 2 is 1.81 bits per heavy atom. The van der Waals surface area contributed by atoms with Gasteiger partial charge in [0.15, 0.2) is 8.32 Å². The second-order valence-electron chi connectivity index (χ2n) is 10.7. The lowest BCUT2D eigenvalue weighted by Crippen LogP contribution is -2.54. The zero-order valence-corrected chi connectivity index (χ0v) is 22.1. The average molecular weight is 452 g/mol. The Hall–Kier alpha value is -1.24. The first-order valence-corrected chi connectivity index (χ1v) is 14.6. The monoisotopic (exact) mass is 451 g/mol. The summed E-state index contributed by atoms with van der Waals surface area (Å²) < 4.78 is 13.1. The van der Waals surface area contributed by atoms with Crippen LogP contribution in [0.4, 0.5) is 0 Å². The molecular formula is C25H45NO4Si. The Morgan fingerprint density at radius 3 is 2.42 bits per heavy atom. The molecule has 0 N–H and O–H groups in total. The number of nitrogens with zero attached hydrogens (tertiary/aromatic N) is 1. The van der Waals surface area contributed by atoms with Crippen LogP contribution in [0.2, 0.25) is 18.1 Å². The lowest BCUT2D eigenvalue weighted by Gasteiger charge is -2.47. The molecule has 0 aromatic heterocycles. The fourth-order valence-corrected chi connectivity index (χ4v) is 5.31. The van der Waals surface area contributed by atoms with Crippen molar-refractivity contribution in [3.63, 3.8) is 0 Å². The van der Waals surface area contributed by atoms with E-state index in [-0.39, 0.29) is 29.2 Å². The maximum atomic E-state index is 10.9. The zero-order valence-electron chi connectivity index (χ0n) is 21.1. The number of allylic oxidation sites excluding steroid dienone is 5. The highest BCUT2D eigenvalue weighted by Crippen LogP contribution is 2.42. The van der Waals surface area contributed by atoms with Gasteiger partial charge in [0.1, 0.15) is 6.61 Å². The molecule has 0 fully saturated rings. The molecule has 1 rings (SSSR count). The molecule has 0 saturated carbocycles. The van der Waals surface area contributed by atoms with E-state index in [0.29, 0.717) is 6.42 Å². The van der Waals surface area contributed by atoms with Gasteiger partial charge >= 0.3 is 0 Å². The summed E-state index contributed by atoms with van der Waals surface area (Å²) in [5, 5.41) is 11.0. The minimum atomic E-state index is -2.07. The van der Waals surface area contributed by atoms with Gasteiger partial charge in [-0.25, -0.2) is 0 Å². The van der Waals surface area contributed by atoms with Crippen molar-refractivity contribution in [3.8, 4) is 0 Å². The maximum Gasteiger partial charge on any atom is 0.226 e. The van der Waals surface area contributed by atoms with Gasteiger partial charge in [0.2, 0.25) is 6.54 Å². The van der Waals surface area contributed by atoms with Crippen molar-refractivity contribution in [2.45, 2.75) is 110 Å². The molecule has 0 aromatic carbocycles. The van der Waals surface area contributed by atoms with Gasteiger partial charge in [-0.15, -0.1) is 0 Å². The SMILES string of the molecule is C/C1=C\CC/C(C)=C/CC[C@@](C)(O[Si](C)(C)C(C)(C)C)[C@@H](OCC[N+](=O)[O-])C/C=C\C1. The normalized spacial score (nSPS) is 29.2. The van der Waals surface area contributed by atoms with Crippen molar-refractivity contribution in [2.24, 2.45) is 0 Å². The summed E-state index contributed by atoms with van der Waals surface area (Å²) in [5.41, 5.74) is 2.26. The van der Waals surface area contributed by atoms with Gasteiger partial charge < -0.3 is 9.16 Å². The van der Waals surface area contributed by atoms with Crippen LogP contribution in [-0.4, -0.2) is 38.1 Å². The Kier molecular flexibility index (Phi) is 10.9. The topological polar surface area (TPSA) is 61.6 Å². The second kappa shape index (κ2) is 12.1. The fourth-order valence-electron chi connectivity index (χ4n) is 3.60. The molecule has 2 atom stereocenters. The molecule has 5 nitrogen and oxygen atoms in total. The minimum Gasteiger partial charge on any atom is -0.409 e. The number of nitro groups is 1. The van der Waals surface area contributed by atoms with Crippen LogP contribution in [0.15, 0.2) is 35.5 Å². The predicted molar refractivity (Wildman–Crippen MR) is 133 cm³/mol. The van der Waals surface area contributed by atoms with Crippen molar-refractivity contribution in [1.29, 1.82) is 0 Å². The molecule has 0 heterocycles. The summed E-state index contributed by atoms with van der Waals surface area (Å²) >= 11 is 0. The molecule has 0 radical (unpaired) electrons. The van der Waals surface area contributed by atoms with Gasteiger partial charge in [0.05, 0.1) is 11.7 Å². The number of hydrogen-bond acceptors (Lipinski definition) is 4. The summed E-state index contributed by atoms with van der Waals surface area (Å²) in [6, 6.07) is 0. The van der Waals surface area contributed by atoms with Crippen LogP contribution in [0.1, 0.15) is 80.1 Å². The highest BCUT2D eigenvalue weighted by atomic mass is 28.4. The summed E-state index contributed by atoms with van der Waals surface area (Å²) in [5.74, 6) is 0. The van der Waals surface area contributed by atoms with Crippen molar-refractivity contribution in [3.05, 3.63) is 45.6 Å². The third-order valence-electron chi connectivity index (χ3n) is 6.69. The molecule has 0 spiro atoms. The van der Waals surface area contributed by atoms with Crippen LogP contribution >= 0.6 is 0 Å². The Balaban J connectivity index is 3.25. The molecule has 31 heavy (non-hydrogen) atoms. The smallest absolute Gasteiger partial charge is 0.226 e.